The molecule has 1 aromatic heterocycles. The zero-order valence-electron chi connectivity index (χ0n) is 7.64. The van der Waals surface area contributed by atoms with Crippen LogP contribution in [0.2, 0.25) is 0 Å². The normalized spacial score (nSPS) is 22.7. The molecule has 6 heteroatoms. The molecule has 1 atom stereocenters. The lowest BCUT2D eigenvalue weighted by Crippen LogP contribution is -2.29. The van der Waals surface area contributed by atoms with Gasteiger partial charge >= 0.3 is 0 Å². The Hall–Kier alpha value is -0.460. The molecule has 0 unspecified atom stereocenters. The Morgan fingerprint density at radius 1 is 1.64 bits per heavy atom. The summed E-state index contributed by atoms with van der Waals surface area (Å²) in [4.78, 5) is 3.83. The molecule has 0 bridgehead atoms. The van der Waals surface area contributed by atoms with Gasteiger partial charge in [0.1, 0.15) is 0 Å². The van der Waals surface area contributed by atoms with Gasteiger partial charge in [-0.05, 0) is 19.4 Å². The summed E-state index contributed by atoms with van der Waals surface area (Å²) in [5, 5.41) is 4.86. The van der Waals surface area contributed by atoms with Gasteiger partial charge in [0.25, 0.3) is 0 Å². The highest BCUT2D eigenvalue weighted by atomic mass is 32.2. The molecule has 0 spiro atoms. The minimum Gasteiger partial charge on any atom is -0.313 e. The van der Waals surface area contributed by atoms with E-state index in [4.69, 9.17) is 0 Å². The topological polar surface area (TPSA) is 59.1 Å². The third-order valence-corrected chi connectivity index (χ3v) is 5.35. The molecule has 1 aliphatic rings. The molecule has 0 aromatic carbocycles. The van der Waals surface area contributed by atoms with Crippen LogP contribution in [0.3, 0.4) is 0 Å². The van der Waals surface area contributed by atoms with Crippen molar-refractivity contribution in [1.29, 1.82) is 0 Å². The van der Waals surface area contributed by atoms with E-state index < -0.39 is 9.84 Å². The second-order valence-electron chi connectivity index (χ2n) is 3.37. The average molecular weight is 232 g/mol. The highest BCUT2D eigenvalue weighted by molar-refractivity contribution is 7.93. The van der Waals surface area contributed by atoms with E-state index in [1.807, 2.05) is 0 Å². The molecule has 0 aliphatic carbocycles. The maximum absolute atomic E-state index is 11.8. The summed E-state index contributed by atoms with van der Waals surface area (Å²) < 4.78 is 23.8. The van der Waals surface area contributed by atoms with E-state index >= 15 is 0 Å². The summed E-state index contributed by atoms with van der Waals surface area (Å²) in [6.45, 7) is 0.929. The van der Waals surface area contributed by atoms with Crippen molar-refractivity contribution in [1.82, 2.24) is 10.3 Å². The monoisotopic (exact) mass is 232 g/mol. The molecule has 2 heterocycles. The average Bonchev–Trinajstić information content (AvgIpc) is 2.71. The molecule has 1 saturated heterocycles. The Balaban J connectivity index is 2.09. The highest BCUT2D eigenvalue weighted by Crippen LogP contribution is 2.17. The predicted octanol–water partition coefficient (Wildman–Crippen LogP) is 0.669. The maximum Gasteiger partial charge on any atom is 0.209 e. The Morgan fingerprint density at radius 3 is 3.07 bits per heavy atom. The van der Waals surface area contributed by atoms with E-state index in [1.54, 1.807) is 5.38 Å². The molecule has 0 saturated carbocycles. The fourth-order valence-corrected chi connectivity index (χ4v) is 4.09. The number of thiazole rings is 1. The van der Waals surface area contributed by atoms with Crippen molar-refractivity contribution in [3.63, 3.8) is 0 Å². The SMILES string of the molecule is O=S(=O)(C[C@@H]1CCCN1)c1nccs1. The highest BCUT2D eigenvalue weighted by Gasteiger charge is 2.25. The number of hydrogen-bond donors (Lipinski definition) is 1. The first kappa shape index (κ1) is 10.1. The lowest BCUT2D eigenvalue weighted by Gasteiger charge is -2.08. The zero-order valence-corrected chi connectivity index (χ0v) is 9.27. The summed E-state index contributed by atoms with van der Waals surface area (Å²) in [6, 6.07) is 0.115. The molecule has 0 amide bonds. The number of sulfone groups is 1. The zero-order chi connectivity index (χ0) is 10.0. The van der Waals surface area contributed by atoms with Crippen LogP contribution in [0.4, 0.5) is 0 Å². The summed E-state index contributed by atoms with van der Waals surface area (Å²) in [6.07, 6.45) is 3.54. The van der Waals surface area contributed by atoms with Crippen LogP contribution in [0.15, 0.2) is 15.9 Å². The Labute approximate surface area is 87.3 Å². The molecule has 1 N–H and O–H groups in total. The molecular weight excluding hydrogens is 220 g/mol. The third-order valence-electron chi connectivity index (χ3n) is 2.26. The Bertz CT molecular complexity index is 379. The molecule has 1 aliphatic heterocycles. The van der Waals surface area contributed by atoms with Crippen LogP contribution < -0.4 is 5.32 Å². The first-order chi connectivity index (χ1) is 6.68. The lowest BCUT2D eigenvalue weighted by atomic mass is 10.3. The van der Waals surface area contributed by atoms with Crippen LogP contribution in [0.5, 0.6) is 0 Å². The second kappa shape index (κ2) is 3.96. The Morgan fingerprint density at radius 2 is 2.50 bits per heavy atom. The molecule has 0 radical (unpaired) electrons. The van der Waals surface area contributed by atoms with Gasteiger partial charge in [0, 0.05) is 17.6 Å². The lowest BCUT2D eigenvalue weighted by molar-refractivity contribution is 0.576. The summed E-state index contributed by atoms with van der Waals surface area (Å²) in [5.74, 6) is 0.181. The van der Waals surface area contributed by atoms with Crippen LogP contribution in [-0.4, -0.2) is 31.7 Å². The first-order valence-corrected chi connectivity index (χ1v) is 7.07. The van der Waals surface area contributed by atoms with Crippen molar-refractivity contribution < 1.29 is 8.42 Å². The van der Waals surface area contributed by atoms with Crippen molar-refractivity contribution >= 4 is 21.2 Å². The van der Waals surface area contributed by atoms with Gasteiger partial charge < -0.3 is 5.32 Å². The summed E-state index contributed by atoms with van der Waals surface area (Å²) >= 11 is 1.19. The molecule has 1 fully saturated rings. The number of nitrogens with one attached hydrogen (secondary N) is 1. The van der Waals surface area contributed by atoms with E-state index in [0.717, 1.165) is 19.4 Å². The first-order valence-electron chi connectivity index (χ1n) is 4.54. The third kappa shape index (κ3) is 2.13. The molecule has 2 rings (SSSR count). The minimum atomic E-state index is -3.16. The standard InChI is InChI=1S/C8H12N2O2S2/c11-14(12,8-10-4-5-13-8)6-7-2-1-3-9-7/h4-5,7,9H,1-3,6H2/t7-/m0/s1. The summed E-state index contributed by atoms with van der Waals surface area (Å²) in [7, 11) is -3.16. The van der Waals surface area contributed by atoms with Gasteiger partial charge in [-0.1, -0.05) is 0 Å². The van der Waals surface area contributed by atoms with Crippen LogP contribution >= 0.6 is 11.3 Å². The van der Waals surface area contributed by atoms with E-state index in [2.05, 4.69) is 10.3 Å². The number of aromatic nitrogens is 1. The molecule has 14 heavy (non-hydrogen) atoms. The van der Waals surface area contributed by atoms with Crippen LogP contribution in [0.1, 0.15) is 12.8 Å². The van der Waals surface area contributed by atoms with Crippen molar-refractivity contribution in [3.05, 3.63) is 11.6 Å². The van der Waals surface area contributed by atoms with E-state index in [1.165, 1.54) is 17.5 Å². The second-order valence-corrected chi connectivity index (χ2v) is 6.48. The van der Waals surface area contributed by atoms with Crippen LogP contribution in [0, 0.1) is 0 Å². The van der Waals surface area contributed by atoms with Gasteiger partial charge in [0.05, 0.1) is 5.75 Å². The number of hydrogen-bond acceptors (Lipinski definition) is 5. The van der Waals surface area contributed by atoms with E-state index in [-0.39, 0.29) is 16.1 Å². The fourth-order valence-electron chi connectivity index (χ4n) is 1.60. The van der Waals surface area contributed by atoms with Crippen molar-refractivity contribution in [3.8, 4) is 0 Å². The van der Waals surface area contributed by atoms with Crippen LogP contribution in [-0.2, 0) is 9.84 Å². The van der Waals surface area contributed by atoms with Gasteiger partial charge in [-0.2, -0.15) is 0 Å². The van der Waals surface area contributed by atoms with Gasteiger partial charge in [-0.25, -0.2) is 13.4 Å². The molecule has 4 nitrogen and oxygen atoms in total. The smallest absolute Gasteiger partial charge is 0.209 e. The largest absolute Gasteiger partial charge is 0.313 e. The minimum absolute atomic E-state index is 0.115. The van der Waals surface area contributed by atoms with Gasteiger partial charge in [0.15, 0.2) is 0 Å². The van der Waals surface area contributed by atoms with Gasteiger partial charge in [-0.15, -0.1) is 11.3 Å². The van der Waals surface area contributed by atoms with E-state index in [9.17, 15) is 8.42 Å². The Kier molecular flexibility index (Phi) is 2.85. The molecular formula is C8H12N2O2S2. The van der Waals surface area contributed by atoms with Crippen LogP contribution in [0.25, 0.3) is 0 Å². The quantitative estimate of drug-likeness (QED) is 0.832. The van der Waals surface area contributed by atoms with Crippen molar-refractivity contribution in [2.45, 2.75) is 23.2 Å². The predicted molar refractivity (Wildman–Crippen MR) is 55.2 cm³/mol. The van der Waals surface area contributed by atoms with Gasteiger partial charge in [-0.3, -0.25) is 0 Å². The van der Waals surface area contributed by atoms with E-state index in [0.29, 0.717) is 0 Å². The van der Waals surface area contributed by atoms with Crippen molar-refractivity contribution in [2.75, 3.05) is 12.3 Å². The number of rotatable bonds is 3. The maximum atomic E-state index is 11.8. The fraction of sp³-hybridized carbons (Fsp3) is 0.625. The van der Waals surface area contributed by atoms with Crippen molar-refractivity contribution in [2.24, 2.45) is 0 Å². The number of nitrogens with zero attached hydrogens (tertiary/aromatic N) is 1. The van der Waals surface area contributed by atoms with Gasteiger partial charge in [0.2, 0.25) is 14.2 Å². The molecule has 1 aromatic rings. The molecule has 78 valence electrons. The summed E-state index contributed by atoms with van der Waals surface area (Å²) in [5.41, 5.74) is 0.